The van der Waals surface area contributed by atoms with E-state index in [2.05, 4.69) is 56.8 Å². The van der Waals surface area contributed by atoms with Crippen molar-refractivity contribution in [1.82, 2.24) is 20.2 Å². The fourth-order valence-electron chi connectivity index (χ4n) is 5.41. The van der Waals surface area contributed by atoms with Crippen molar-refractivity contribution in [2.24, 2.45) is 5.92 Å². The van der Waals surface area contributed by atoms with E-state index in [9.17, 15) is 4.79 Å². The number of hydrogen-bond acceptors (Lipinski definition) is 3. The minimum atomic E-state index is -0.125. The van der Waals surface area contributed by atoms with Crippen LogP contribution in [0.1, 0.15) is 90.4 Å². The topological polar surface area (TPSA) is 38.8 Å². The SMILES string of the molecule is C=C1C2=C(CCCCC)N(Cc3cc4c(cc3C)CCC4)NC2N(CC(C)C)C(=O)N1C.CC.[HH]. The number of fused-ring (bicyclic) bond motifs is 2. The molecule has 1 atom stereocenters. The lowest BCUT2D eigenvalue weighted by atomic mass is 9.99. The average molecular weight is 469 g/mol. The van der Waals surface area contributed by atoms with E-state index >= 15 is 0 Å². The number of allylic oxidation sites excluding steroid dienone is 1. The predicted molar refractivity (Wildman–Crippen MR) is 144 cm³/mol. The first-order valence-corrected chi connectivity index (χ1v) is 13.4. The first-order valence-electron chi connectivity index (χ1n) is 13.4. The monoisotopic (exact) mass is 468 g/mol. The molecule has 0 aromatic heterocycles. The molecule has 3 aliphatic rings. The Kier molecular flexibility index (Phi) is 8.86. The molecule has 34 heavy (non-hydrogen) atoms. The van der Waals surface area contributed by atoms with Gasteiger partial charge in [-0.3, -0.25) is 4.90 Å². The Morgan fingerprint density at radius 1 is 1.18 bits per heavy atom. The number of hydrogen-bond donors (Lipinski definition) is 1. The maximum atomic E-state index is 13.1. The fraction of sp³-hybridized carbons (Fsp3) is 0.621. The van der Waals surface area contributed by atoms with Crippen LogP contribution in [0.5, 0.6) is 0 Å². The molecule has 1 aromatic carbocycles. The van der Waals surface area contributed by atoms with Crippen LogP contribution >= 0.6 is 0 Å². The molecular formula is C29H48N4O. The lowest BCUT2D eigenvalue weighted by molar-refractivity contribution is 0.104. The maximum absolute atomic E-state index is 13.1. The molecule has 1 saturated heterocycles. The Balaban J connectivity index is 0.00000140. The number of urea groups is 1. The van der Waals surface area contributed by atoms with Crippen LogP contribution in [0.2, 0.25) is 0 Å². The number of nitrogens with one attached hydrogen (secondary N) is 1. The van der Waals surface area contributed by atoms with Crippen molar-refractivity contribution in [3.63, 3.8) is 0 Å². The quantitative estimate of drug-likeness (QED) is 0.428. The zero-order chi connectivity index (χ0) is 25.0. The van der Waals surface area contributed by atoms with Gasteiger partial charge in [0.15, 0.2) is 0 Å². The molecule has 190 valence electrons. The van der Waals surface area contributed by atoms with Gasteiger partial charge in [0, 0.05) is 32.0 Å². The summed E-state index contributed by atoms with van der Waals surface area (Å²) in [5.74, 6) is 0.401. The van der Waals surface area contributed by atoms with Crippen molar-refractivity contribution < 1.29 is 6.22 Å². The second-order valence-electron chi connectivity index (χ2n) is 10.2. The van der Waals surface area contributed by atoms with Crippen LogP contribution < -0.4 is 5.43 Å². The van der Waals surface area contributed by atoms with E-state index in [1.165, 1.54) is 65.6 Å². The lowest BCUT2D eigenvalue weighted by Crippen LogP contribution is -2.58. The normalized spacial score (nSPS) is 19.6. The van der Waals surface area contributed by atoms with Crippen LogP contribution in [0.4, 0.5) is 4.79 Å². The van der Waals surface area contributed by atoms with Gasteiger partial charge in [-0.1, -0.05) is 66.2 Å². The number of hydrazine groups is 1. The molecule has 2 aliphatic heterocycles. The highest BCUT2D eigenvalue weighted by molar-refractivity contribution is 5.81. The van der Waals surface area contributed by atoms with Crippen LogP contribution in [-0.4, -0.2) is 40.6 Å². The number of benzene rings is 1. The van der Waals surface area contributed by atoms with Crippen molar-refractivity contribution in [1.29, 1.82) is 0 Å². The molecule has 0 spiro atoms. The van der Waals surface area contributed by atoms with Crippen LogP contribution in [0.3, 0.4) is 0 Å². The van der Waals surface area contributed by atoms with Crippen LogP contribution in [0.25, 0.3) is 0 Å². The molecule has 1 aliphatic carbocycles. The van der Waals surface area contributed by atoms with E-state index in [0.717, 1.165) is 31.6 Å². The van der Waals surface area contributed by atoms with Gasteiger partial charge in [-0.15, -0.1) is 0 Å². The van der Waals surface area contributed by atoms with Crippen molar-refractivity contribution in [2.75, 3.05) is 13.6 Å². The van der Waals surface area contributed by atoms with E-state index in [1.54, 1.807) is 4.90 Å². The highest BCUT2D eigenvalue weighted by atomic mass is 16.2. The third-order valence-corrected chi connectivity index (χ3v) is 7.21. The van der Waals surface area contributed by atoms with Gasteiger partial charge < -0.3 is 9.91 Å². The molecule has 1 aromatic rings. The highest BCUT2D eigenvalue weighted by Crippen LogP contribution is 2.38. The first kappa shape index (κ1) is 26.3. The largest absolute Gasteiger partial charge is 0.325 e. The minimum Gasteiger partial charge on any atom is -0.305 e. The molecule has 5 nitrogen and oxygen atoms in total. The molecule has 0 saturated carbocycles. The summed E-state index contributed by atoms with van der Waals surface area (Å²) >= 11 is 0. The summed E-state index contributed by atoms with van der Waals surface area (Å²) in [6, 6.07) is 4.85. The molecule has 0 radical (unpaired) electrons. The van der Waals surface area contributed by atoms with Gasteiger partial charge in [0.2, 0.25) is 0 Å². The van der Waals surface area contributed by atoms with Crippen molar-refractivity contribution in [2.45, 2.75) is 99.2 Å². The van der Waals surface area contributed by atoms with Crippen molar-refractivity contribution in [3.05, 3.63) is 57.9 Å². The molecule has 0 bridgehead atoms. The van der Waals surface area contributed by atoms with E-state index < -0.39 is 0 Å². The van der Waals surface area contributed by atoms with Crippen molar-refractivity contribution >= 4 is 6.03 Å². The van der Waals surface area contributed by atoms with E-state index in [4.69, 9.17) is 0 Å². The molecule has 1 fully saturated rings. The Morgan fingerprint density at radius 3 is 2.50 bits per heavy atom. The van der Waals surface area contributed by atoms with E-state index in [1.807, 2.05) is 25.8 Å². The maximum Gasteiger partial charge on any atom is 0.325 e. The third-order valence-electron chi connectivity index (χ3n) is 7.21. The number of carbonyl (C=O) groups excluding carboxylic acids is 1. The summed E-state index contributed by atoms with van der Waals surface area (Å²) in [4.78, 5) is 16.9. The number of amides is 2. The third kappa shape index (κ3) is 5.19. The summed E-state index contributed by atoms with van der Waals surface area (Å²) in [5.41, 5.74) is 12.9. The Morgan fingerprint density at radius 2 is 1.85 bits per heavy atom. The molecule has 2 heterocycles. The van der Waals surface area contributed by atoms with Crippen LogP contribution in [0, 0.1) is 12.8 Å². The summed E-state index contributed by atoms with van der Waals surface area (Å²) in [7, 11) is 1.86. The average Bonchev–Trinajstić information content (AvgIpc) is 3.41. The summed E-state index contributed by atoms with van der Waals surface area (Å²) < 4.78 is 0. The molecule has 2 amide bonds. The second kappa shape index (κ2) is 11.4. The predicted octanol–water partition coefficient (Wildman–Crippen LogP) is 6.77. The Hall–Kier alpha value is -2.27. The molecular weight excluding hydrogens is 420 g/mol. The second-order valence-corrected chi connectivity index (χ2v) is 10.2. The number of unbranched alkanes of at least 4 members (excludes halogenated alkanes) is 2. The van der Waals surface area contributed by atoms with Crippen molar-refractivity contribution in [3.8, 4) is 0 Å². The zero-order valence-corrected chi connectivity index (χ0v) is 22.6. The van der Waals surface area contributed by atoms with Crippen LogP contribution in [-0.2, 0) is 19.4 Å². The van der Waals surface area contributed by atoms with Gasteiger partial charge in [0.1, 0.15) is 6.17 Å². The molecule has 1 N–H and O–H groups in total. The van der Waals surface area contributed by atoms with Gasteiger partial charge in [-0.2, -0.15) is 0 Å². The summed E-state index contributed by atoms with van der Waals surface area (Å²) in [6.45, 7) is 18.7. The van der Waals surface area contributed by atoms with Gasteiger partial charge >= 0.3 is 6.03 Å². The highest BCUT2D eigenvalue weighted by Gasteiger charge is 2.44. The van der Waals surface area contributed by atoms with E-state index in [0.29, 0.717) is 5.92 Å². The smallest absolute Gasteiger partial charge is 0.305 e. The molecule has 4 rings (SSSR count). The standard InChI is InChI=1S/C27H40N4O.C2H6.H2/c1-7-8-9-13-24-25-20(5)29(6)27(32)30(16-18(2)3)26(25)28-31(24)17-23-15-22-12-10-11-21(22)14-19(23)4;1-2;/h14-15,18,26,28H,5,7-13,16-17H2,1-4,6H3;1-2H3;1H. The van der Waals surface area contributed by atoms with Gasteiger partial charge in [0.25, 0.3) is 0 Å². The number of carbonyl (C=O) groups is 1. The number of nitrogens with zero attached hydrogens (tertiary/aromatic N) is 3. The van der Waals surface area contributed by atoms with Gasteiger partial charge in [0.05, 0.1) is 6.54 Å². The number of aryl methyl sites for hydroxylation is 3. The molecule has 5 heteroatoms. The summed E-state index contributed by atoms with van der Waals surface area (Å²) in [6.07, 6.45) is 8.12. The van der Waals surface area contributed by atoms with Crippen LogP contribution in [0.15, 0.2) is 35.7 Å². The Bertz CT molecular complexity index is 939. The zero-order valence-electron chi connectivity index (χ0n) is 22.6. The number of rotatable bonds is 8. The van der Waals surface area contributed by atoms with E-state index in [-0.39, 0.29) is 13.6 Å². The Labute approximate surface area is 209 Å². The fourth-order valence-corrected chi connectivity index (χ4v) is 5.41. The molecule has 1 unspecified atom stereocenters. The minimum absolute atomic E-state index is 0. The first-order chi connectivity index (χ1) is 16.3. The summed E-state index contributed by atoms with van der Waals surface area (Å²) in [5, 5.41) is 2.32. The lowest BCUT2D eigenvalue weighted by Gasteiger charge is -2.41. The number of likely N-dealkylation sites (N-methyl/N-ethyl adjacent to an activating group) is 1. The van der Waals surface area contributed by atoms with Gasteiger partial charge in [-0.25, -0.2) is 10.2 Å². The van der Waals surface area contributed by atoms with Gasteiger partial charge in [-0.05, 0) is 67.2 Å².